The molecule has 1 aromatic carbocycles. The molecule has 0 bridgehead atoms. The quantitative estimate of drug-likeness (QED) is 0.563. The first-order valence-corrected chi connectivity index (χ1v) is 9.27. The second-order valence-corrected chi connectivity index (χ2v) is 7.11. The van der Waals surface area contributed by atoms with Gasteiger partial charge < -0.3 is 9.67 Å². The Morgan fingerprint density at radius 2 is 1.86 bits per heavy atom. The first kappa shape index (κ1) is 18.2. The van der Waals surface area contributed by atoms with Crippen molar-refractivity contribution in [2.45, 2.75) is 33.4 Å². The predicted octanol–water partition coefficient (Wildman–Crippen LogP) is 1.20. The smallest absolute Gasteiger partial charge is 0.332 e. The van der Waals surface area contributed by atoms with Gasteiger partial charge in [-0.2, -0.15) is 4.98 Å². The van der Waals surface area contributed by atoms with E-state index in [1.54, 1.807) is 11.4 Å². The normalized spacial score (nSPS) is 11.7. The van der Waals surface area contributed by atoms with E-state index in [0.29, 0.717) is 29.9 Å². The number of aromatic nitrogens is 5. The number of aliphatic hydroxyl groups excluding tert-OH is 1. The van der Waals surface area contributed by atoms with Crippen LogP contribution in [0.5, 0.6) is 0 Å². The zero-order valence-electron chi connectivity index (χ0n) is 16.2. The minimum absolute atomic E-state index is 0.0751. The minimum atomic E-state index is -0.389. The molecule has 8 nitrogen and oxygen atoms in total. The molecule has 28 heavy (non-hydrogen) atoms. The monoisotopic (exact) mass is 381 g/mol. The molecule has 0 aliphatic rings. The van der Waals surface area contributed by atoms with Gasteiger partial charge >= 0.3 is 5.69 Å². The maximum atomic E-state index is 13.3. The highest BCUT2D eigenvalue weighted by atomic mass is 16.3. The number of benzene rings is 1. The van der Waals surface area contributed by atoms with E-state index >= 15 is 0 Å². The van der Waals surface area contributed by atoms with Crippen molar-refractivity contribution >= 4 is 16.9 Å². The fourth-order valence-electron chi connectivity index (χ4n) is 3.66. The molecule has 0 fully saturated rings. The lowest BCUT2D eigenvalue weighted by molar-refractivity contribution is 0.280. The van der Waals surface area contributed by atoms with Crippen molar-refractivity contribution < 1.29 is 5.11 Å². The molecule has 3 aromatic heterocycles. The molecule has 0 spiro atoms. The Bertz CT molecular complexity index is 1310. The van der Waals surface area contributed by atoms with Gasteiger partial charge in [0.2, 0.25) is 5.78 Å². The Balaban J connectivity index is 1.98. The lowest BCUT2D eigenvalue weighted by Gasteiger charge is -2.10. The summed E-state index contributed by atoms with van der Waals surface area (Å²) in [6, 6.07) is 7.72. The van der Waals surface area contributed by atoms with E-state index in [4.69, 9.17) is 5.11 Å². The molecule has 0 unspecified atom stereocenters. The number of hydrogen-bond donors (Lipinski definition) is 1. The molecule has 4 rings (SSSR count). The third-order valence-electron chi connectivity index (χ3n) is 5.27. The number of aliphatic hydroxyl groups is 1. The van der Waals surface area contributed by atoms with Crippen LogP contribution in [-0.4, -0.2) is 34.8 Å². The number of nitrogens with zero attached hydrogens (tertiary/aromatic N) is 5. The molecule has 8 heteroatoms. The summed E-state index contributed by atoms with van der Waals surface area (Å²) in [7, 11) is 1.63. The van der Waals surface area contributed by atoms with Crippen LogP contribution in [0.4, 0.5) is 0 Å². The van der Waals surface area contributed by atoms with Crippen LogP contribution in [0.15, 0.2) is 40.1 Å². The van der Waals surface area contributed by atoms with Crippen LogP contribution in [0.3, 0.4) is 0 Å². The first-order valence-electron chi connectivity index (χ1n) is 9.27. The first-order chi connectivity index (χ1) is 13.4. The SMILES string of the molecule is Cc1ccccc1Cn1c(=O)c2c(nc3n(CCCO)c(C)cn23)n(C)c1=O. The van der Waals surface area contributed by atoms with Crippen LogP contribution in [0, 0.1) is 13.8 Å². The molecule has 0 radical (unpaired) electrons. The lowest BCUT2D eigenvalue weighted by Crippen LogP contribution is -2.39. The number of rotatable bonds is 5. The fraction of sp³-hybridized carbons (Fsp3) is 0.350. The highest BCUT2D eigenvalue weighted by Gasteiger charge is 2.20. The number of hydrogen-bond acceptors (Lipinski definition) is 4. The second kappa shape index (κ2) is 6.79. The van der Waals surface area contributed by atoms with E-state index in [0.717, 1.165) is 16.8 Å². The van der Waals surface area contributed by atoms with E-state index in [2.05, 4.69) is 4.98 Å². The molecule has 3 heterocycles. The summed E-state index contributed by atoms with van der Waals surface area (Å²) in [4.78, 5) is 30.7. The van der Waals surface area contributed by atoms with Gasteiger partial charge in [-0.3, -0.25) is 18.3 Å². The van der Waals surface area contributed by atoms with E-state index in [-0.39, 0.29) is 24.4 Å². The topological polar surface area (TPSA) is 86.5 Å². The van der Waals surface area contributed by atoms with Crippen molar-refractivity contribution in [1.29, 1.82) is 0 Å². The van der Waals surface area contributed by atoms with Crippen molar-refractivity contribution in [3.05, 3.63) is 68.1 Å². The summed E-state index contributed by atoms with van der Waals surface area (Å²) in [5.41, 5.74) is 2.91. The molecule has 0 atom stereocenters. The van der Waals surface area contributed by atoms with Gasteiger partial charge in [-0.05, 0) is 31.4 Å². The van der Waals surface area contributed by atoms with Gasteiger partial charge in [0.15, 0.2) is 11.2 Å². The summed E-state index contributed by atoms with van der Waals surface area (Å²) in [5, 5.41) is 9.15. The van der Waals surface area contributed by atoms with Crippen LogP contribution < -0.4 is 11.2 Å². The maximum Gasteiger partial charge on any atom is 0.332 e. The number of fused-ring (bicyclic) bond motifs is 3. The predicted molar refractivity (Wildman–Crippen MR) is 107 cm³/mol. The highest BCUT2D eigenvalue weighted by molar-refractivity contribution is 5.75. The highest BCUT2D eigenvalue weighted by Crippen LogP contribution is 2.17. The average Bonchev–Trinajstić information content (AvgIpc) is 3.18. The van der Waals surface area contributed by atoms with Crippen LogP contribution in [0.25, 0.3) is 16.9 Å². The van der Waals surface area contributed by atoms with Crippen molar-refractivity contribution in [2.24, 2.45) is 7.05 Å². The van der Waals surface area contributed by atoms with Crippen molar-refractivity contribution in [2.75, 3.05) is 6.61 Å². The van der Waals surface area contributed by atoms with Gasteiger partial charge in [-0.25, -0.2) is 4.79 Å². The standard InChI is InChI=1S/C20H23N5O3/c1-13-7-4-5-8-15(13)12-25-18(27)16-17(22(3)20(25)28)21-19-23(9-6-10-26)14(2)11-24(16)19/h4-5,7-8,11,26H,6,9-10,12H2,1-3H3. The van der Waals surface area contributed by atoms with Crippen molar-refractivity contribution in [1.82, 2.24) is 23.1 Å². The summed E-state index contributed by atoms with van der Waals surface area (Å²) >= 11 is 0. The number of imidazole rings is 2. The van der Waals surface area contributed by atoms with Gasteiger partial charge in [-0.1, -0.05) is 24.3 Å². The van der Waals surface area contributed by atoms with Gasteiger partial charge in [-0.15, -0.1) is 0 Å². The molecule has 1 N–H and O–H groups in total. The van der Waals surface area contributed by atoms with Crippen LogP contribution in [-0.2, 0) is 20.1 Å². The second-order valence-electron chi connectivity index (χ2n) is 7.11. The van der Waals surface area contributed by atoms with E-state index < -0.39 is 0 Å². The summed E-state index contributed by atoms with van der Waals surface area (Å²) in [5.74, 6) is 0.599. The molecule has 0 saturated heterocycles. The van der Waals surface area contributed by atoms with Crippen LogP contribution in [0.1, 0.15) is 23.2 Å². The van der Waals surface area contributed by atoms with Gasteiger partial charge in [0.05, 0.1) is 6.54 Å². The Morgan fingerprint density at radius 1 is 1.11 bits per heavy atom. The average molecular weight is 381 g/mol. The number of aryl methyl sites for hydroxylation is 4. The molecule has 4 aromatic rings. The molecule has 0 amide bonds. The van der Waals surface area contributed by atoms with Gasteiger partial charge in [0.1, 0.15) is 0 Å². The Kier molecular flexibility index (Phi) is 4.43. The Hall–Kier alpha value is -3.13. The third kappa shape index (κ3) is 2.68. The summed E-state index contributed by atoms with van der Waals surface area (Å²) in [6.07, 6.45) is 2.44. The minimum Gasteiger partial charge on any atom is -0.396 e. The summed E-state index contributed by atoms with van der Waals surface area (Å²) in [6.45, 7) is 4.78. The molecule has 146 valence electrons. The molecule has 0 aliphatic carbocycles. The van der Waals surface area contributed by atoms with E-state index in [1.165, 1.54) is 9.13 Å². The van der Waals surface area contributed by atoms with Crippen molar-refractivity contribution in [3.63, 3.8) is 0 Å². The largest absolute Gasteiger partial charge is 0.396 e. The maximum absolute atomic E-state index is 13.3. The third-order valence-corrected chi connectivity index (χ3v) is 5.27. The fourth-order valence-corrected chi connectivity index (χ4v) is 3.66. The molecular weight excluding hydrogens is 358 g/mol. The Morgan fingerprint density at radius 3 is 2.57 bits per heavy atom. The molecule has 0 aliphatic heterocycles. The summed E-state index contributed by atoms with van der Waals surface area (Å²) < 4.78 is 6.39. The van der Waals surface area contributed by atoms with Crippen molar-refractivity contribution in [3.8, 4) is 0 Å². The zero-order chi connectivity index (χ0) is 20.0. The van der Waals surface area contributed by atoms with Crippen LogP contribution >= 0.6 is 0 Å². The van der Waals surface area contributed by atoms with Gasteiger partial charge in [0, 0.05) is 32.1 Å². The molecule has 0 saturated carbocycles. The Labute approximate surface area is 160 Å². The van der Waals surface area contributed by atoms with Gasteiger partial charge in [0.25, 0.3) is 5.56 Å². The van der Waals surface area contributed by atoms with E-state index in [1.807, 2.05) is 48.9 Å². The van der Waals surface area contributed by atoms with Crippen LogP contribution in [0.2, 0.25) is 0 Å². The van der Waals surface area contributed by atoms with E-state index in [9.17, 15) is 9.59 Å². The molecular formula is C20H23N5O3. The lowest BCUT2D eigenvalue weighted by atomic mass is 10.1. The zero-order valence-corrected chi connectivity index (χ0v) is 16.2.